The summed E-state index contributed by atoms with van der Waals surface area (Å²) in [6.45, 7) is 0. The number of rotatable bonds is 4. The van der Waals surface area contributed by atoms with E-state index in [1.54, 1.807) is 6.07 Å². The summed E-state index contributed by atoms with van der Waals surface area (Å²) in [7, 11) is -1.63. The summed E-state index contributed by atoms with van der Waals surface area (Å²) < 4.78 is 11.1. The summed E-state index contributed by atoms with van der Waals surface area (Å²) in [5, 5.41) is 26.6. The first-order valence-electron chi connectivity index (χ1n) is 16.1. The number of para-hydroxylation sites is 5. The number of hydrogen-bond acceptors (Lipinski definition) is 3. The standard InChI is InChI=1S/C42H27BN2O3/c46-43(47)35-16-8-14-31-32-15-9-19-40(42(32)48-41(31)35)45-37-18-7-5-13-30(37)34-25-27(21-23-39(34)45)26-20-22-38-33(24-26)29-12-4-6-17-36(29)44(38)28-10-2-1-3-11-28/h1-25,46-47H. The minimum atomic E-state index is -1.63. The third kappa shape index (κ3) is 3.81. The topological polar surface area (TPSA) is 63.5 Å². The maximum absolute atomic E-state index is 10.1. The molecule has 3 heterocycles. The molecule has 10 rings (SSSR count). The molecule has 0 spiro atoms. The van der Waals surface area contributed by atoms with Gasteiger partial charge in [-0.2, -0.15) is 0 Å². The number of furan rings is 1. The van der Waals surface area contributed by atoms with E-state index >= 15 is 0 Å². The number of benzene rings is 7. The highest BCUT2D eigenvalue weighted by Gasteiger charge is 2.22. The zero-order chi connectivity index (χ0) is 31.9. The van der Waals surface area contributed by atoms with Gasteiger partial charge in [0.05, 0.1) is 27.8 Å². The number of fused-ring (bicyclic) bond motifs is 9. The van der Waals surface area contributed by atoms with Crippen molar-refractivity contribution in [2.45, 2.75) is 0 Å². The average Bonchev–Trinajstić information content (AvgIpc) is 3.79. The first-order chi connectivity index (χ1) is 23.7. The molecule has 10 aromatic rings. The van der Waals surface area contributed by atoms with E-state index in [4.69, 9.17) is 4.42 Å². The Morgan fingerprint density at radius 3 is 1.60 bits per heavy atom. The van der Waals surface area contributed by atoms with Crippen LogP contribution in [0.5, 0.6) is 0 Å². The summed E-state index contributed by atoms with van der Waals surface area (Å²) in [6, 6.07) is 52.7. The highest BCUT2D eigenvalue weighted by molar-refractivity contribution is 6.61. The van der Waals surface area contributed by atoms with E-state index in [-0.39, 0.29) is 0 Å². The second-order valence-corrected chi connectivity index (χ2v) is 12.4. The van der Waals surface area contributed by atoms with Gasteiger partial charge in [-0.25, -0.2) is 0 Å². The van der Waals surface area contributed by atoms with Crippen molar-refractivity contribution in [1.29, 1.82) is 0 Å². The number of hydrogen-bond donors (Lipinski definition) is 2. The van der Waals surface area contributed by atoms with Gasteiger partial charge in [-0.3, -0.25) is 0 Å². The predicted molar refractivity (Wildman–Crippen MR) is 198 cm³/mol. The maximum atomic E-state index is 10.1. The molecule has 0 atom stereocenters. The van der Waals surface area contributed by atoms with Crippen LogP contribution in [0.25, 0.3) is 88.1 Å². The molecule has 0 bridgehead atoms. The quantitative estimate of drug-likeness (QED) is 0.194. The fourth-order valence-corrected chi connectivity index (χ4v) is 7.63. The molecule has 0 radical (unpaired) electrons. The molecule has 0 saturated carbocycles. The van der Waals surface area contributed by atoms with Crippen molar-refractivity contribution in [2.24, 2.45) is 0 Å². The van der Waals surface area contributed by atoms with E-state index in [1.807, 2.05) is 24.3 Å². The Morgan fingerprint density at radius 2 is 0.938 bits per heavy atom. The summed E-state index contributed by atoms with van der Waals surface area (Å²) >= 11 is 0. The van der Waals surface area contributed by atoms with Gasteiger partial charge in [0.2, 0.25) is 0 Å². The Kier molecular flexibility index (Phi) is 5.76. The Labute approximate surface area is 275 Å². The molecule has 7 aromatic carbocycles. The zero-order valence-electron chi connectivity index (χ0n) is 25.7. The van der Waals surface area contributed by atoms with E-state index in [2.05, 4.69) is 130 Å². The van der Waals surface area contributed by atoms with Crippen LogP contribution >= 0.6 is 0 Å². The van der Waals surface area contributed by atoms with Crippen LogP contribution < -0.4 is 5.46 Å². The Balaban J connectivity index is 1.19. The average molecular weight is 619 g/mol. The minimum absolute atomic E-state index is 0.352. The molecule has 6 heteroatoms. The molecule has 5 nitrogen and oxygen atoms in total. The van der Waals surface area contributed by atoms with Gasteiger partial charge in [0, 0.05) is 43.5 Å². The molecule has 0 aliphatic rings. The third-order valence-electron chi connectivity index (χ3n) is 9.75. The van der Waals surface area contributed by atoms with E-state index in [9.17, 15) is 10.0 Å². The van der Waals surface area contributed by atoms with Gasteiger partial charge in [0.15, 0.2) is 5.58 Å². The van der Waals surface area contributed by atoms with Crippen LogP contribution in [0, 0.1) is 0 Å². The Hall–Kier alpha value is -6.08. The third-order valence-corrected chi connectivity index (χ3v) is 9.75. The highest BCUT2D eigenvalue weighted by Crippen LogP contribution is 2.40. The predicted octanol–water partition coefficient (Wildman–Crippen LogP) is 9.13. The lowest BCUT2D eigenvalue weighted by atomic mass is 9.79. The van der Waals surface area contributed by atoms with E-state index in [0.717, 1.165) is 55.1 Å². The van der Waals surface area contributed by atoms with Crippen molar-refractivity contribution in [1.82, 2.24) is 9.13 Å². The van der Waals surface area contributed by atoms with Crippen molar-refractivity contribution in [3.05, 3.63) is 152 Å². The largest absolute Gasteiger partial charge is 0.492 e. The lowest BCUT2D eigenvalue weighted by molar-refractivity contribution is 0.425. The second kappa shape index (κ2) is 10.2. The van der Waals surface area contributed by atoms with Gasteiger partial charge < -0.3 is 23.6 Å². The Bertz CT molecular complexity index is 2880. The molecule has 0 amide bonds. The SMILES string of the molecule is OB(O)c1cccc2c1oc1c(-n3c4ccccc4c4cc(-c5ccc6c(c5)c5ccccc5n6-c5ccccc5)ccc43)cccc12. The van der Waals surface area contributed by atoms with Gasteiger partial charge in [0.1, 0.15) is 5.58 Å². The van der Waals surface area contributed by atoms with Crippen LogP contribution in [-0.4, -0.2) is 26.3 Å². The van der Waals surface area contributed by atoms with Crippen LogP contribution in [0.3, 0.4) is 0 Å². The lowest BCUT2D eigenvalue weighted by Crippen LogP contribution is -2.29. The van der Waals surface area contributed by atoms with Crippen molar-refractivity contribution < 1.29 is 14.5 Å². The maximum Gasteiger partial charge on any atom is 0.492 e. The van der Waals surface area contributed by atoms with Crippen LogP contribution in [0.4, 0.5) is 0 Å². The normalized spacial score (nSPS) is 12.0. The van der Waals surface area contributed by atoms with Crippen molar-refractivity contribution in [2.75, 3.05) is 0 Å². The summed E-state index contributed by atoms with van der Waals surface area (Å²) in [4.78, 5) is 0. The molecule has 0 saturated heterocycles. The molecule has 0 aliphatic carbocycles. The highest BCUT2D eigenvalue weighted by atomic mass is 16.4. The van der Waals surface area contributed by atoms with E-state index in [0.29, 0.717) is 16.6 Å². The first-order valence-corrected chi connectivity index (χ1v) is 16.1. The van der Waals surface area contributed by atoms with Gasteiger partial charge >= 0.3 is 7.12 Å². The summed E-state index contributed by atoms with van der Waals surface area (Å²) in [6.07, 6.45) is 0. The molecule has 226 valence electrons. The molecular formula is C42H27BN2O3. The molecule has 0 unspecified atom stereocenters. The molecule has 0 aliphatic heterocycles. The smallest absolute Gasteiger partial charge is 0.454 e. The van der Waals surface area contributed by atoms with Gasteiger partial charge in [-0.15, -0.1) is 0 Å². The molecule has 3 aromatic heterocycles. The lowest BCUT2D eigenvalue weighted by Gasteiger charge is -2.10. The monoisotopic (exact) mass is 618 g/mol. The second-order valence-electron chi connectivity index (χ2n) is 12.4. The molecule has 48 heavy (non-hydrogen) atoms. The van der Waals surface area contributed by atoms with Crippen LogP contribution in [0.1, 0.15) is 0 Å². The van der Waals surface area contributed by atoms with Gasteiger partial charge in [0.25, 0.3) is 0 Å². The van der Waals surface area contributed by atoms with Crippen molar-refractivity contribution in [3.8, 4) is 22.5 Å². The number of nitrogens with zero attached hydrogens (tertiary/aromatic N) is 2. The zero-order valence-corrected chi connectivity index (χ0v) is 25.7. The summed E-state index contributed by atoms with van der Waals surface area (Å²) in [5.74, 6) is 0. The van der Waals surface area contributed by atoms with Crippen molar-refractivity contribution >= 4 is 78.1 Å². The Morgan fingerprint density at radius 1 is 0.417 bits per heavy atom. The minimum Gasteiger partial charge on any atom is -0.454 e. The van der Waals surface area contributed by atoms with Gasteiger partial charge in [-0.05, 0) is 65.7 Å². The van der Waals surface area contributed by atoms with Crippen LogP contribution in [0.2, 0.25) is 0 Å². The van der Waals surface area contributed by atoms with E-state index in [1.165, 1.54) is 21.8 Å². The first kappa shape index (κ1) is 27.1. The van der Waals surface area contributed by atoms with Crippen LogP contribution in [-0.2, 0) is 0 Å². The molecular weight excluding hydrogens is 591 g/mol. The van der Waals surface area contributed by atoms with Gasteiger partial charge in [-0.1, -0.05) is 97.1 Å². The van der Waals surface area contributed by atoms with Crippen molar-refractivity contribution in [3.63, 3.8) is 0 Å². The van der Waals surface area contributed by atoms with Crippen LogP contribution in [0.15, 0.2) is 156 Å². The summed E-state index contributed by atoms with van der Waals surface area (Å²) in [5.41, 5.74) is 10.4. The fourth-order valence-electron chi connectivity index (χ4n) is 7.63. The fraction of sp³-hybridized carbons (Fsp3) is 0. The molecule has 2 N–H and O–H groups in total. The number of aromatic nitrogens is 2. The van der Waals surface area contributed by atoms with E-state index < -0.39 is 7.12 Å². The molecule has 0 fully saturated rings.